The molecule has 15 heteroatoms. The first-order valence-corrected chi connectivity index (χ1v) is 18.4. The van der Waals surface area contributed by atoms with Crippen LogP contribution >= 0.6 is 38.7 Å². The van der Waals surface area contributed by atoms with Crippen LogP contribution in [0.4, 0.5) is 31.8 Å². The highest BCUT2D eigenvalue weighted by Crippen LogP contribution is 2.51. The van der Waals surface area contributed by atoms with Crippen molar-refractivity contribution in [1.82, 2.24) is 33.8 Å². The van der Waals surface area contributed by atoms with Gasteiger partial charge in [-0.1, -0.05) is 6.07 Å². The number of aromatic nitrogens is 7. The third-order valence-electron chi connectivity index (χ3n) is 6.27. The van der Waals surface area contributed by atoms with Crippen molar-refractivity contribution in [2.45, 2.75) is 25.2 Å². The highest BCUT2D eigenvalue weighted by molar-refractivity contribution is 14.2. The molecule has 0 radical (unpaired) electrons. The maximum atomic E-state index is 14.0. The van der Waals surface area contributed by atoms with Crippen LogP contribution < -0.4 is 10.6 Å². The minimum Gasteiger partial charge on any atom is -0.353 e. The first-order chi connectivity index (χ1) is 19.0. The number of rotatable bonds is 8. The number of fused-ring (bicyclic) bond motifs is 1. The lowest BCUT2D eigenvalue weighted by Crippen LogP contribution is -2.04. The molecule has 0 spiro atoms. The molecule has 5 aromatic rings. The zero-order valence-electron chi connectivity index (χ0n) is 22.2. The normalized spacial score (nSPS) is 12.7. The van der Waals surface area contributed by atoms with E-state index in [4.69, 9.17) is 0 Å². The number of benzene rings is 1. The number of halogens is 3. The Labute approximate surface area is 245 Å². The average molecular weight is 697 g/mol. The molecule has 4 aromatic heterocycles. The Kier molecular flexibility index (Phi) is 7.97. The topological polar surface area (TPSA) is 119 Å². The molecule has 0 amide bonds. The number of nitrogens with one attached hydrogen (secondary N) is 2. The summed E-state index contributed by atoms with van der Waals surface area (Å²) in [6.45, 7) is 3.72. The van der Waals surface area contributed by atoms with Crippen molar-refractivity contribution < 1.29 is 13.3 Å². The molecule has 10 nitrogen and oxygen atoms in total. The Balaban J connectivity index is 1.66. The summed E-state index contributed by atoms with van der Waals surface area (Å²) in [4.78, 5) is 22.7. The number of pyridine rings is 1. The summed E-state index contributed by atoms with van der Waals surface area (Å²) >= 11 is 2.04. The lowest BCUT2D eigenvalue weighted by atomic mass is 10.1. The smallest absolute Gasteiger partial charge is 0.295 e. The molecule has 0 aliphatic heterocycles. The standard InChI is InChI=1S/C25H27F2IN9OPS/c1-13-14(2)31-21(11-30-13)33-20-9-17(22-24(34-20)37(39-28)25(35-22)23(26)27)32-16-7-6-15(8-19(16)40(4,5)38)18-10-29-12-36(18)3/h6-12,23,38-39H,1-5H3,(H2,31,32,33,34). The number of aryl methyl sites for hydroxylation is 3. The summed E-state index contributed by atoms with van der Waals surface area (Å²) in [5.41, 5.74) is 5.03. The van der Waals surface area contributed by atoms with Gasteiger partial charge >= 0.3 is 0 Å². The first-order valence-electron chi connectivity index (χ1n) is 11.9. The zero-order valence-corrected chi connectivity index (χ0v) is 26.2. The molecule has 0 saturated heterocycles. The van der Waals surface area contributed by atoms with Gasteiger partial charge < -0.3 is 19.8 Å². The van der Waals surface area contributed by atoms with Crippen LogP contribution in [0.25, 0.3) is 22.4 Å². The Hall–Kier alpha value is -2.94. The van der Waals surface area contributed by atoms with E-state index in [1.165, 1.54) is 4.34 Å². The number of alkyl halides is 2. The molecule has 1 atom stereocenters. The van der Waals surface area contributed by atoms with Gasteiger partial charge in [0.05, 0.1) is 53.6 Å². The molecular formula is C25H27F2IN9OPS. The third-order valence-corrected chi connectivity index (χ3v) is 9.74. The molecule has 4 heterocycles. The van der Waals surface area contributed by atoms with Gasteiger partial charge in [0.15, 0.2) is 11.5 Å². The predicted octanol–water partition coefficient (Wildman–Crippen LogP) is 7.35. The van der Waals surface area contributed by atoms with E-state index in [0.29, 0.717) is 39.1 Å². The Morgan fingerprint density at radius 2 is 1.77 bits per heavy atom. The van der Waals surface area contributed by atoms with E-state index in [0.717, 1.165) is 22.6 Å². The molecule has 0 bridgehead atoms. The Bertz CT molecular complexity index is 1720. The van der Waals surface area contributed by atoms with Crippen LogP contribution in [0.3, 0.4) is 0 Å². The molecule has 210 valence electrons. The molecule has 5 rings (SSSR count). The summed E-state index contributed by atoms with van der Waals surface area (Å²) in [5.74, 6) is 0.495. The summed E-state index contributed by atoms with van der Waals surface area (Å²) in [6.07, 6.45) is 5.79. The second-order valence-electron chi connectivity index (χ2n) is 9.47. The van der Waals surface area contributed by atoms with Gasteiger partial charge in [0, 0.05) is 23.6 Å². The van der Waals surface area contributed by atoms with Crippen molar-refractivity contribution in [1.29, 1.82) is 0 Å². The highest BCUT2D eigenvalue weighted by atomic mass is 127. The van der Waals surface area contributed by atoms with Crippen LogP contribution in [0, 0.1) is 13.8 Å². The Morgan fingerprint density at radius 1 is 1.00 bits per heavy atom. The molecule has 0 aliphatic rings. The summed E-state index contributed by atoms with van der Waals surface area (Å²) in [6, 6.07) is 7.40. The number of anilines is 4. The van der Waals surface area contributed by atoms with Crippen molar-refractivity contribution >= 4 is 72.9 Å². The monoisotopic (exact) mass is 697 g/mol. The van der Waals surface area contributed by atoms with E-state index < -0.39 is 16.7 Å². The molecule has 1 aromatic carbocycles. The minimum atomic E-state index is -2.78. The van der Waals surface area contributed by atoms with Crippen LogP contribution in [0.5, 0.6) is 0 Å². The average Bonchev–Trinajstić information content (AvgIpc) is 3.49. The fourth-order valence-corrected chi connectivity index (χ4v) is 7.13. The number of hydrogen-bond donors (Lipinski definition) is 3. The van der Waals surface area contributed by atoms with Crippen LogP contribution in [0.1, 0.15) is 23.6 Å². The van der Waals surface area contributed by atoms with Crippen molar-refractivity contribution in [2.75, 3.05) is 23.1 Å². The van der Waals surface area contributed by atoms with E-state index in [1.54, 1.807) is 37.3 Å². The van der Waals surface area contributed by atoms with Gasteiger partial charge in [-0.25, -0.2) is 28.7 Å². The summed E-state index contributed by atoms with van der Waals surface area (Å²) in [5, 5.41) is 6.51. The van der Waals surface area contributed by atoms with Crippen molar-refractivity contribution in [3.63, 3.8) is 0 Å². The quantitative estimate of drug-likeness (QED) is 0.114. The van der Waals surface area contributed by atoms with Crippen LogP contribution in [0.2, 0.25) is 0 Å². The SMILES string of the molecule is Cc1ncc(Nc2cc(Nc3ccc(-c4cncn4C)cc3S(C)(C)O)c3nc(C(F)F)n(PI)c3n2)nc1C. The molecule has 40 heavy (non-hydrogen) atoms. The first kappa shape index (κ1) is 28.6. The maximum absolute atomic E-state index is 14.0. The maximum Gasteiger partial charge on any atom is 0.295 e. The lowest BCUT2D eigenvalue weighted by Gasteiger charge is -2.28. The molecule has 0 aliphatic carbocycles. The van der Waals surface area contributed by atoms with E-state index in [9.17, 15) is 13.3 Å². The third kappa shape index (κ3) is 5.62. The van der Waals surface area contributed by atoms with Gasteiger partial charge in [-0.2, -0.15) is 0 Å². The highest BCUT2D eigenvalue weighted by Gasteiger charge is 2.24. The van der Waals surface area contributed by atoms with E-state index in [2.05, 4.69) is 35.6 Å². The van der Waals surface area contributed by atoms with E-state index in [1.807, 2.05) is 65.7 Å². The summed E-state index contributed by atoms with van der Waals surface area (Å²) < 4.78 is 42.4. The number of hydrogen-bond acceptors (Lipinski definition) is 8. The predicted molar refractivity (Wildman–Crippen MR) is 167 cm³/mol. The van der Waals surface area contributed by atoms with Crippen LogP contribution in [0.15, 0.2) is 47.9 Å². The largest absolute Gasteiger partial charge is 0.353 e. The van der Waals surface area contributed by atoms with Gasteiger partial charge in [-0.05, 0) is 60.5 Å². The van der Waals surface area contributed by atoms with Crippen molar-refractivity contribution in [2.24, 2.45) is 7.05 Å². The second kappa shape index (κ2) is 11.1. The van der Waals surface area contributed by atoms with E-state index in [-0.39, 0.29) is 12.2 Å². The van der Waals surface area contributed by atoms with Crippen LogP contribution in [-0.2, 0) is 7.05 Å². The summed E-state index contributed by atoms with van der Waals surface area (Å²) in [7, 11) is -0.308. The molecule has 0 fully saturated rings. The number of nitrogens with zero attached hydrogens (tertiary/aromatic N) is 7. The van der Waals surface area contributed by atoms with Crippen LogP contribution in [-0.4, -0.2) is 50.9 Å². The second-order valence-corrected chi connectivity index (χ2v) is 14.5. The molecule has 1 unspecified atom stereocenters. The van der Waals surface area contributed by atoms with Gasteiger partial charge in [-0.15, -0.1) is 10.3 Å². The zero-order chi connectivity index (χ0) is 28.8. The van der Waals surface area contributed by atoms with Gasteiger partial charge in [0.25, 0.3) is 6.43 Å². The minimum absolute atomic E-state index is 0.0486. The Morgan fingerprint density at radius 3 is 2.40 bits per heavy atom. The molecular weight excluding hydrogens is 670 g/mol. The van der Waals surface area contributed by atoms with Gasteiger partial charge in [0.1, 0.15) is 17.2 Å². The lowest BCUT2D eigenvalue weighted by molar-refractivity contribution is 0.140. The molecule has 3 N–H and O–H groups in total. The fraction of sp³-hybridized carbons (Fsp3) is 0.240. The number of imidazole rings is 2. The van der Waals surface area contributed by atoms with Gasteiger partial charge in [-0.3, -0.25) is 9.32 Å². The fourth-order valence-electron chi connectivity index (χ4n) is 4.17. The molecule has 0 saturated carbocycles. The van der Waals surface area contributed by atoms with E-state index >= 15 is 0 Å². The van der Waals surface area contributed by atoms with Crippen molar-refractivity contribution in [3.05, 3.63) is 60.2 Å². The van der Waals surface area contributed by atoms with Crippen molar-refractivity contribution in [3.8, 4) is 11.3 Å². The van der Waals surface area contributed by atoms with Gasteiger partial charge in [0.2, 0.25) is 0 Å².